The van der Waals surface area contributed by atoms with Gasteiger partial charge in [0.05, 0.1) is 36.5 Å². The van der Waals surface area contributed by atoms with E-state index in [4.69, 9.17) is 9.47 Å². The number of ether oxygens (including phenoxy) is 2. The lowest BCUT2D eigenvalue weighted by molar-refractivity contribution is 0.0589. The van der Waals surface area contributed by atoms with E-state index in [0.717, 1.165) is 25.7 Å². The maximum absolute atomic E-state index is 12.3. The number of carbonyl (C=O) groups excluding carboxylic acids is 4. The van der Waals surface area contributed by atoms with Gasteiger partial charge in [0.15, 0.2) is 0 Å². The molecule has 2 rings (SSSR count). The van der Waals surface area contributed by atoms with E-state index in [1.54, 1.807) is 48.5 Å². The molecule has 0 aliphatic heterocycles. The summed E-state index contributed by atoms with van der Waals surface area (Å²) in [4.78, 5) is 48.2. The number of hydrogen-bond donors (Lipinski definition) is 2. The lowest BCUT2D eigenvalue weighted by atomic mass is 10.1. The predicted octanol–water partition coefficient (Wildman–Crippen LogP) is 2.98. The van der Waals surface area contributed by atoms with Crippen LogP contribution in [0.1, 0.15) is 67.1 Å². The van der Waals surface area contributed by atoms with E-state index < -0.39 is 11.9 Å². The maximum atomic E-state index is 12.3. The molecule has 0 fully saturated rings. The summed E-state index contributed by atoms with van der Waals surface area (Å²) >= 11 is 0. The Balaban J connectivity index is 1.67. The molecule has 0 unspecified atom stereocenters. The molecular weight excluding hydrogens is 412 g/mol. The van der Waals surface area contributed by atoms with Gasteiger partial charge in [-0.05, 0) is 37.1 Å². The normalized spacial score (nSPS) is 10.2. The van der Waals surface area contributed by atoms with Crippen molar-refractivity contribution in [1.29, 1.82) is 0 Å². The number of unbranched alkanes of at least 4 members (excludes halogenated alkanes) is 3. The van der Waals surface area contributed by atoms with Crippen LogP contribution in [0.15, 0.2) is 48.5 Å². The molecule has 0 aromatic heterocycles. The molecule has 8 heteroatoms. The molecule has 0 heterocycles. The molecule has 0 saturated carbocycles. The van der Waals surface area contributed by atoms with Crippen LogP contribution in [0.2, 0.25) is 0 Å². The third kappa shape index (κ3) is 6.94. The van der Waals surface area contributed by atoms with Gasteiger partial charge in [-0.2, -0.15) is 0 Å². The van der Waals surface area contributed by atoms with Gasteiger partial charge in [-0.15, -0.1) is 0 Å². The summed E-state index contributed by atoms with van der Waals surface area (Å²) in [5.74, 6) is -1.73. The molecule has 2 aromatic carbocycles. The van der Waals surface area contributed by atoms with Gasteiger partial charge in [0.25, 0.3) is 11.8 Å². The minimum atomic E-state index is -0.549. The second kappa shape index (κ2) is 12.9. The highest BCUT2D eigenvalue weighted by molar-refractivity contribution is 6.06. The first-order valence-electron chi connectivity index (χ1n) is 10.4. The zero-order chi connectivity index (χ0) is 23.3. The summed E-state index contributed by atoms with van der Waals surface area (Å²) in [6.07, 6.45) is 3.28. The van der Waals surface area contributed by atoms with E-state index in [0.29, 0.717) is 13.1 Å². The van der Waals surface area contributed by atoms with Crippen LogP contribution < -0.4 is 10.6 Å². The van der Waals surface area contributed by atoms with E-state index in [1.165, 1.54) is 14.2 Å². The summed E-state index contributed by atoms with van der Waals surface area (Å²) in [6.45, 7) is 0.959. The Labute approximate surface area is 187 Å². The van der Waals surface area contributed by atoms with Crippen molar-refractivity contribution in [2.75, 3.05) is 27.3 Å². The molecule has 32 heavy (non-hydrogen) atoms. The second-order valence-electron chi connectivity index (χ2n) is 7.00. The summed E-state index contributed by atoms with van der Waals surface area (Å²) in [5.41, 5.74) is 1.04. The molecule has 0 aliphatic carbocycles. The Bertz CT molecular complexity index is 880. The van der Waals surface area contributed by atoms with Crippen molar-refractivity contribution in [1.82, 2.24) is 10.6 Å². The van der Waals surface area contributed by atoms with Crippen molar-refractivity contribution in [3.8, 4) is 0 Å². The van der Waals surface area contributed by atoms with Crippen LogP contribution in [0, 0.1) is 0 Å². The molecule has 0 spiro atoms. The van der Waals surface area contributed by atoms with Crippen LogP contribution in [0.5, 0.6) is 0 Å². The minimum absolute atomic E-state index is 0.233. The van der Waals surface area contributed by atoms with Crippen LogP contribution in [0.4, 0.5) is 0 Å². The van der Waals surface area contributed by atoms with Gasteiger partial charge < -0.3 is 20.1 Å². The van der Waals surface area contributed by atoms with E-state index in [2.05, 4.69) is 10.6 Å². The number of rotatable bonds is 11. The molecule has 170 valence electrons. The zero-order valence-electron chi connectivity index (χ0n) is 18.3. The monoisotopic (exact) mass is 440 g/mol. The summed E-state index contributed by atoms with van der Waals surface area (Å²) in [5, 5.41) is 5.62. The van der Waals surface area contributed by atoms with Crippen molar-refractivity contribution >= 4 is 23.8 Å². The Kier molecular flexibility index (Phi) is 9.90. The molecule has 0 atom stereocenters. The molecule has 0 aliphatic rings. The van der Waals surface area contributed by atoms with Crippen LogP contribution in [0.3, 0.4) is 0 Å². The van der Waals surface area contributed by atoms with Gasteiger partial charge in [0.2, 0.25) is 0 Å². The molecule has 0 bridgehead atoms. The van der Waals surface area contributed by atoms with Crippen molar-refractivity contribution in [2.45, 2.75) is 25.7 Å². The number of methoxy groups -OCH3 is 2. The van der Waals surface area contributed by atoms with Crippen molar-refractivity contribution < 1.29 is 28.7 Å². The van der Waals surface area contributed by atoms with Crippen molar-refractivity contribution in [3.63, 3.8) is 0 Å². The van der Waals surface area contributed by atoms with Gasteiger partial charge in [-0.25, -0.2) is 9.59 Å². The Morgan fingerprint density at radius 1 is 0.594 bits per heavy atom. The van der Waals surface area contributed by atoms with Gasteiger partial charge in [0.1, 0.15) is 0 Å². The van der Waals surface area contributed by atoms with E-state index in [-0.39, 0.29) is 34.1 Å². The van der Waals surface area contributed by atoms with E-state index in [1.807, 2.05) is 0 Å². The molecule has 8 nitrogen and oxygen atoms in total. The first kappa shape index (κ1) is 24.6. The molecule has 2 amide bonds. The van der Waals surface area contributed by atoms with E-state index >= 15 is 0 Å². The van der Waals surface area contributed by atoms with E-state index in [9.17, 15) is 19.2 Å². The predicted molar refractivity (Wildman–Crippen MR) is 119 cm³/mol. The summed E-state index contributed by atoms with van der Waals surface area (Å²) in [7, 11) is 2.55. The average Bonchev–Trinajstić information content (AvgIpc) is 2.84. The largest absolute Gasteiger partial charge is 0.465 e. The lowest BCUT2D eigenvalue weighted by Gasteiger charge is -2.10. The minimum Gasteiger partial charge on any atom is -0.465 e. The van der Waals surface area contributed by atoms with Gasteiger partial charge >= 0.3 is 11.9 Å². The van der Waals surface area contributed by atoms with Crippen molar-refractivity contribution in [3.05, 3.63) is 70.8 Å². The Morgan fingerprint density at radius 3 is 1.28 bits per heavy atom. The SMILES string of the molecule is COC(=O)c1ccccc1C(=O)NCCCCCCNC(=O)c1ccccc1C(=O)OC. The fraction of sp³-hybridized carbons (Fsp3) is 0.333. The number of carbonyl (C=O) groups is 4. The Morgan fingerprint density at radius 2 is 0.938 bits per heavy atom. The van der Waals surface area contributed by atoms with Crippen LogP contribution in [-0.4, -0.2) is 51.1 Å². The number of esters is 2. The highest BCUT2D eigenvalue weighted by Gasteiger charge is 2.17. The Hall–Kier alpha value is -3.68. The fourth-order valence-corrected chi connectivity index (χ4v) is 3.14. The number of amides is 2. The van der Waals surface area contributed by atoms with Gasteiger partial charge in [0, 0.05) is 13.1 Å². The smallest absolute Gasteiger partial charge is 0.338 e. The van der Waals surface area contributed by atoms with Crippen LogP contribution in [0.25, 0.3) is 0 Å². The highest BCUT2D eigenvalue weighted by atomic mass is 16.5. The average molecular weight is 440 g/mol. The second-order valence-corrected chi connectivity index (χ2v) is 7.00. The quantitative estimate of drug-likeness (QED) is 0.411. The lowest BCUT2D eigenvalue weighted by Crippen LogP contribution is -2.27. The van der Waals surface area contributed by atoms with Crippen LogP contribution >= 0.6 is 0 Å². The topological polar surface area (TPSA) is 111 Å². The summed E-state index contributed by atoms with van der Waals surface area (Å²) < 4.78 is 9.41. The number of hydrogen-bond acceptors (Lipinski definition) is 6. The molecule has 0 saturated heterocycles. The third-order valence-electron chi connectivity index (χ3n) is 4.83. The van der Waals surface area contributed by atoms with Crippen molar-refractivity contribution in [2.24, 2.45) is 0 Å². The number of benzene rings is 2. The zero-order valence-corrected chi connectivity index (χ0v) is 18.3. The third-order valence-corrected chi connectivity index (χ3v) is 4.83. The molecule has 2 aromatic rings. The molecular formula is C24H28N2O6. The first-order chi connectivity index (χ1) is 15.5. The van der Waals surface area contributed by atoms with Gasteiger partial charge in [-0.3, -0.25) is 9.59 Å². The fourth-order valence-electron chi connectivity index (χ4n) is 3.14. The highest BCUT2D eigenvalue weighted by Crippen LogP contribution is 2.11. The van der Waals surface area contributed by atoms with Gasteiger partial charge in [-0.1, -0.05) is 37.1 Å². The maximum Gasteiger partial charge on any atom is 0.338 e. The van der Waals surface area contributed by atoms with Crippen LogP contribution in [-0.2, 0) is 9.47 Å². The number of nitrogens with one attached hydrogen (secondary N) is 2. The standard InChI is InChI=1S/C24H28N2O6/c1-31-23(29)19-13-7-5-11-17(19)21(27)25-15-9-3-4-10-16-26-22(28)18-12-6-8-14-20(18)24(30)32-2/h5-8,11-14H,3-4,9-10,15-16H2,1-2H3,(H,25,27)(H,26,28). The first-order valence-corrected chi connectivity index (χ1v) is 10.4. The summed E-state index contributed by atoms with van der Waals surface area (Å²) in [6, 6.07) is 13.0. The molecule has 2 N–H and O–H groups in total. The molecule has 0 radical (unpaired) electrons.